The fourth-order valence-electron chi connectivity index (χ4n) is 3.49. The second kappa shape index (κ2) is 14.0. The fraction of sp³-hybridized carbons (Fsp3) is 0.409. The van der Waals surface area contributed by atoms with Crippen molar-refractivity contribution in [1.29, 1.82) is 0 Å². The van der Waals surface area contributed by atoms with Gasteiger partial charge in [0.15, 0.2) is 0 Å². The molecule has 1 aliphatic rings. The molecule has 2 atom stereocenters. The maximum absolute atomic E-state index is 12.8. The topological polar surface area (TPSA) is 83.1 Å². The molecule has 6 nitrogen and oxygen atoms in total. The third kappa shape index (κ3) is 8.30. The first-order valence-electron chi connectivity index (χ1n) is 9.95. The van der Waals surface area contributed by atoms with Gasteiger partial charge in [-0.2, -0.15) is 0 Å². The van der Waals surface area contributed by atoms with Gasteiger partial charge in [0.25, 0.3) is 5.91 Å². The second-order valence-electron chi connectivity index (χ2n) is 7.25. The maximum atomic E-state index is 12.8. The van der Waals surface area contributed by atoms with Gasteiger partial charge in [-0.1, -0.05) is 24.3 Å². The molecular formula is C22H30Cl2N4O2. The summed E-state index contributed by atoms with van der Waals surface area (Å²) in [5.74, 6) is 0.197. The van der Waals surface area contributed by atoms with Crippen molar-refractivity contribution in [1.82, 2.24) is 20.9 Å². The minimum atomic E-state index is -0.638. The molecule has 1 fully saturated rings. The van der Waals surface area contributed by atoms with Gasteiger partial charge < -0.3 is 16.0 Å². The number of benzene rings is 1. The Hall–Kier alpha value is -2.15. The molecule has 2 unspecified atom stereocenters. The summed E-state index contributed by atoms with van der Waals surface area (Å²) in [6.45, 7) is 2.72. The lowest BCUT2D eigenvalue weighted by molar-refractivity contribution is -0.123. The zero-order chi connectivity index (χ0) is 19.6. The van der Waals surface area contributed by atoms with Gasteiger partial charge >= 0.3 is 0 Å². The number of nitrogens with zero attached hydrogens (tertiary/aromatic N) is 1. The van der Waals surface area contributed by atoms with Crippen LogP contribution >= 0.6 is 24.8 Å². The van der Waals surface area contributed by atoms with E-state index in [-0.39, 0.29) is 36.6 Å². The second-order valence-corrected chi connectivity index (χ2v) is 7.25. The lowest BCUT2D eigenvalue weighted by Gasteiger charge is -2.23. The van der Waals surface area contributed by atoms with Crippen LogP contribution in [0.4, 0.5) is 0 Å². The van der Waals surface area contributed by atoms with E-state index in [0.29, 0.717) is 24.4 Å². The number of rotatable bonds is 8. The Balaban J connectivity index is 0.00000225. The summed E-state index contributed by atoms with van der Waals surface area (Å²) < 4.78 is 0. The van der Waals surface area contributed by atoms with Crippen LogP contribution < -0.4 is 16.0 Å². The van der Waals surface area contributed by atoms with Gasteiger partial charge in [0, 0.05) is 30.9 Å². The molecule has 0 aliphatic carbocycles. The van der Waals surface area contributed by atoms with E-state index in [0.717, 1.165) is 25.1 Å². The summed E-state index contributed by atoms with van der Waals surface area (Å²) in [4.78, 5) is 29.5. The molecule has 2 heterocycles. The molecule has 164 valence electrons. The molecule has 3 N–H and O–H groups in total. The lowest BCUT2D eigenvalue weighted by Crippen LogP contribution is -2.48. The molecule has 30 heavy (non-hydrogen) atoms. The van der Waals surface area contributed by atoms with E-state index in [1.165, 1.54) is 12.8 Å². The Bertz CT molecular complexity index is 756. The Kier molecular flexibility index (Phi) is 12.0. The van der Waals surface area contributed by atoms with Crippen LogP contribution in [0.2, 0.25) is 0 Å². The average Bonchev–Trinajstić information content (AvgIpc) is 2.75. The van der Waals surface area contributed by atoms with Crippen molar-refractivity contribution in [3.05, 3.63) is 66.0 Å². The van der Waals surface area contributed by atoms with Crippen LogP contribution in [0.25, 0.3) is 0 Å². The number of pyridine rings is 1. The third-order valence-corrected chi connectivity index (χ3v) is 5.07. The van der Waals surface area contributed by atoms with Crippen LogP contribution in [-0.2, 0) is 11.2 Å². The van der Waals surface area contributed by atoms with E-state index < -0.39 is 6.04 Å². The number of hydrogen-bond acceptors (Lipinski definition) is 4. The number of nitrogens with one attached hydrogen (secondary N) is 3. The number of aromatic nitrogens is 1. The summed E-state index contributed by atoms with van der Waals surface area (Å²) in [6.07, 6.45) is 7.16. The Labute approximate surface area is 190 Å². The molecule has 0 spiro atoms. The third-order valence-electron chi connectivity index (χ3n) is 5.07. The van der Waals surface area contributed by atoms with Gasteiger partial charge in [-0.15, -0.1) is 24.8 Å². The van der Waals surface area contributed by atoms with E-state index in [9.17, 15) is 9.59 Å². The molecule has 2 amide bonds. The van der Waals surface area contributed by atoms with Crippen molar-refractivity contribution >= 4 is 36.6 Å². The smallest absolute Gasteiger partial charge is 0.251 e. The molecule has 1 aromatic carbocycles. The van der Waals surface area contributed by atoms with Crippen LogP contribution in [0, 0.1) is 5.92 Å². The first-order chi connectivity index (χ1) is 13.7. The molecule has 3 rings (SSSR count). The van der Waals surface area contributed by atoms with Crippen LogP contribution in [0.1, 0.15) is 35.2 Å². The standard InChI is InChI=1S/C22H28N4O2.2ClH/c27-21(19-8-2-1-3-9-19)26-20(14-18-7-5-12-24-16-18)22(28)25-13-10-17-6-4-11-23-15-17;;/h1-3,5,7-9,12,16-17,20,23H,4,6,10-11,13-15H2,(H,25,28)(H,26,27);2*1H. The van der Waals surface area contributed by atoms with Gasteiger partial charge in [0.1, 0.15) is 6.04 Å². The Morgan fingerprint density at radius 1 is 1.13 bits per heavy atom. The number of carbonyl (C=O) groups is 2. The van der Waals surface area contributed by atoms with Crippen molar-refractivity contribution in [3.63, 3.8) is 0 Å². The first-order valence-corrected chi connectivity index (χ1v) is 9.95. The molecule has 0 saturated carbocycles. The number of piperidine rings is 1. The van der Waals surface area contributed by atoms with Crippen molar-refractivity contribution in [3.8, 4) is 0 Å². The average molecular weight is 453 g/mol. The molecule has 0 bridgehead atoms. The minimum Gasteiger partial charge on any atom is -0.354 e. The molecule has 1 saturated heterocycles. The van der Waals surface area contributed by atoms with Crippen molar-refractivity contribution in [2.75, 3.05) is 19.6 Å². The van der Waals surface area contributed by atoms with Crippen LogP contribution in [0.15, 0.2) is 54.9 Å². The SMILES string of the molecule is Cl.Cl.O=C(NC(Cc1cccnc1)C(=O)NCCC1CCCNC1)c1ccccc1. The van der Waals surface area contributed by atoms with E-state index in [1.54, 1.807) is 24.5 Å². The highest BCUT2D eigenvalue weighted by Crippen LogP contribution is 2.13. The zero-order valence-electron chi connectivity index (χ0n) is 16.9. The summed E-state index contributed by atoms with van der Waals surface area (Å²) >= 11 is 0. The number of carbonyl (C=O) groups excluding carboxylic acids is 2. The van der Waals surface area contributed by atoms with Crippen LogP contribution in [0.3, 0.4) is 0 Å². The first kappa shape index (κ1) is 25.9. The zero-order valence-corrected chi connectivity index (χ0v) is 18.5. The largest absolute Gasteiger partial charge is 0.354 e. The normalized spacial score (nSPS) is 16.3. The molecular weight excluding hydrogens is 423 g/mol. The number of hydrogen-bond donors (Lipinski definition) is 3. The van der Waals surface area contributed by atoms with Gasteiger partial charge in [-0.3, -0.25) is 14.6 Å². The van der Waals surface area contributed by atoms with E-state index in [4.69, 9.17) is 0 Å². The van der Waals surface area contributed by atoms with Gasteiger partial charge in [-0.05, 0) is 62.0 Å². The summed E-state index contributed by atoms with van der Waals surface area (Å²) in [6, 6.07) is 12.1. The fourth-order valence-corrected chi connectivity index (χ4v) is 3.49. The van der Waals surface area contributed by atoms with E-state index in [2.05, 4.69) is 20.9 Å². The highest BCUT2D eigenvalue weighted by Gasteiger charge is 2.22. The molecule has 1 aliphatic heterocycles. The maximum Gasteiger partial charge on any atom is 0.251 e. The molecule has 1 aromatic heterocycles. The highest BCUT2D eigenvalue weighted by atomic mass is 35.5. The van der Waals surface area contributed by atoms with Crippen LogP contribution in [0.5, 0.6) is 0 Å². The van der Waals surface area contributed by atoms with Gasteiger partial charge in [-0.25, -0.2) is 0 Å². The number of halogens is 2. The van der Waals surface area contributed by atoms with Crippen molar-refractivity contribution in [2.24, 2.45) is 5.92 Å². The van der Waals surface area contributed by atoms with Crippen molar-refractivity contribution in [2.45, 2.75) is 31.7 Å². The minimum absolute atomic E-state index is 0. The summed E-state index contributed by atoms with van der Waals surface area (Å²) in [7, 11) is 0. The highest BCUT2D eigenvalue weighted by molar-refractivity contribution is 5.97. The predicted octanol–water partition coefficient (Wildman–Crippen LogP) is 2.77. The molecule has 2 aromatic rings. The van der Waals surface area contributed by atoms with Crippen molar-refractivity contribution < 1.29 is 9.59 Å². The Morgan fingerprint density at radius 3 is 2.60 bits per heavy atom. The Morgan fingerprint density at radius 2 is 1.93 bits per heavy atom. The van der Waals surface area contributed by atoms with Gasteiger partial charge in [0.05, 0.1) is 0 Å². The lowest BCUT2D eigenvalue weighted by atomic mass is 9.96. The van der Waals surface area contributed by atoms with E-state index >= 15 is 0 Å². The molecule has 8 heteroatoms. The summed E-state index contributed by atoms with van der Waals surface area (Å²) in [5, 5.41) is 9.28. The summed E-state index contributed by atoms with van der Waals surface area (Å²) in [5.41, 5.74) is 1.45. The quantitative estimate of drug-likeness (QED) is 0.574. The monoisotopic (exact) mass is 452 g/mol. The molecule has 0 radical (unpaired) electrons. The van der Waals surface area contributed by atoms with Gasteiger partial charge in [0.2, 0.25) is 5.91 Å². The number of amides is 2. The van der Waals surface area contributed by atoms with E-state index in [1.807, 2.05) is 30.3 Å². The van der Waals surface area contributed by atoms with Crippen LogP contribution in [-0.4, -0.2) is 42.5 Å². The predicted molar refractivity (Wildman–Crippen MR) is 123 cm³/mol.